The largest absolute Gasteiger partial charge is 0.296 e. The molecule has 0 aromatic carbocycles. The number of carbonyl (C=O) groups excluding carboxylic acids is 2. The van der Waals surface area contributed by atoms with Crippen molar-refractivity contribution in [3.05, 3.63) is 22.7 Å². The van der Waals surface area contributed by atoms with Crippen molar-refractivity contribution in [2.24, 2.45) is 0 Å². The Balaban J connectivity index is 3.21. The van der Waals surface area contributed by atoms with E-state index in [4.69, 9.17) is 11.6 Å². The summed E-state index contributed by atoms with van der Waals surface area (Å²) in [5.41, 5.74) is 0.208. The van der Waals surface area contributed by atoms with Crippen LogP contribution in [0.25, 0.3) is 0 Å². The summed E-state index contributed by atoms with van der Waals surface area (Å²) in [5, 5.41) is -0.100. The van der Waals surface area contributed by atoms with E-state index in [-0.39, 0.29) is 16.7 Å². The average molecular weight is 171 g/mol. The first-order chi connectivity index (χ1) is 5.26. The van der Waals surface area contributed by atoms with Crippen molar-refractivity contribution >= 4 is 24.2 Å². The maximum Gasteiger partial charge on any atom is 0.223 e. The number of hydrogen-bond acceptors (Lipinski definition) is 4. The summed E-state index contributed by atoms with van der Waals surface area (Å²) in [5.74, 6) is 0. The summed E-state index contributed by atoms with van der Waals surface area (Å²) >= 11 is 5.37. The molecule has 0 N–H and O–H groups in total. The lowest BCUT2D eigenvalue weighted by Crippen LogP contribution is -1.95. The molecule has 0 unspecified atom stereocenters. The fourth-order valence-electron chi connectivity index (χ4n) is 0.575. The van der Waals surface area contributed by atoms with E-state index in [1.54, 1.807) is 0 Å². The summed E-state index contributed by atoms with van der Waals surface area (Å²) in [6, 6.07) is 1.26. The fraction of sp³-hybridized carbons (Fsp3) is 0. The molecule has 0 spiro atoms. The van der Waals surface area contributed by atoms with Crippen LogP contribution in [0.2, 0.25) is 5.28 Å². The van der Waals surface area contributed by atoms with Crippen molar-refractivity contribution < 1.29 is 9.59 Å². The molecule has 1 aromatic heterocycles. The Kier molecular flexibility index (Phi) is 2.28. The van der Waals surface area contributed by atoms with Crippen LogP contribution in [0.5, 0.6) is 0 Å². The number of aldehydes is 2. The van der Waals surface area contributed by atoms with Crippen LogP contribution in [0.15, 0.2) is 6.07 Å². The predicted octanol–water partition coefficient (Wildman–Crippen LogP) is 0.755. The van der Waals surface area contributed by atoms with Crippen LogP contribution >= 0.6 is 11.6 Å². The molecule has 5 heteroatoms. The molecule has 1 aromatic rings. The van der Waals surface area contributed by atoms with Gasteiger partial charge >= 0.3 is 0 Å². The van der Waals surface area contributed by atoms with Crippen molar-refractivity contribution in [2.75, 3.05) is 0 Å². The Hall–Kier alpha value is -1.29. The fourth-order valence-corrected chi connectivity index (χ4v) is 0.770. The van der Waals surface area contributed by atoms with Gasteiger partial charge in [-0.2, -0.15) is 0 Å². The van der Waals surface area contributed by atoms with E-state index < -0.39 is 0 Å². The molecule has 0 bridgehead atoms. The Morgan fingerprint density at radius 2 is 1.64 bits per heavy atom. The van der Waals surface area contributed by atoms with Gasteiger partial charge in [-0.3, -0.25) is 9.59 Å². The molecule has 4 nitrogen and oxygen atoms in total. The quantitative estimate of drug-likeness (QED) is 0.486. The van der Waals surface area contributed by atoms with E-state index in [9.17, 15) is 9.59 Å². The van der Waals surface area contributed by atoms with Crippen molar-refractivity contribution in [3.63, 3.8) is 0 Å². The highest BCUT2D eigenvalue weighted by atomic mass is 35.5. The molecule has 0 saturated carbocycles. The van der Waals surface area contributed by atoms with Gasteiger partial charge in [0.15, 0.2) is 12.6 Å². The molecule has 1 heterocycles. The predicted molar refractivity (Wildman–Crippen MR) is 37.8 cm³/mol. The third-order valence-electron chi connectivity index (χ3n) is 0.980. The Labute approximate surface area is 67.2 Å². The number of hydrogen-bond donors (Lipinski definition) is 0. The highest BCUT2D eigenvalue weighted by Gasteiger charge is 1.99. The van der Waals surface area contributed by atoms with Gasteiger partial charge in [0, 0.05) is 0 Å². The normalized spacial score (nSPS) is 9.18. The smallest absolute Gasteiger partial charge is 0.223 e. The van der Waals surface area contributed by atoms with Gasteiger partial charge in [-0.25, -0.2) is 9.97 Å². The molecule has 56 valence electrons. The van der Waals surface area contributed by atoms with E-state index in [1.807, 2.05) is 0 Å². The van der Waals surface area contributed by atoms with Gasteiger partial charge < -0.3 is 0 Å². The lowest BCUT2D eigenvalue weighted by Gasteiger charge is -1.92. The molecule has 0 aliphatic rings. The molecule has 0 aliphatic heterocycles. The highest BCUT2D eigenvalue weighted by Crippen LogP contribution is 2.02. The zero-order valence-corrected chi connectivity index (χ0v) is 6.08. The standard InChI is InChI=1S/C6H3ClN2O2/c7-6-8-4(2-10)1-5(3-11)9-6/h1-3H. The lowest BCUT2D eigenvalue weighted by molar-refractivity contribution is 0.111. The minimum atomic E-state index is -0.100. The Morgan fingerprint density at radius 3 is 2.00 bits per heavy atom. The molecule has 0 saturated heterocycles. The first-order valence-corrected chi connectivity index (χ1v) is 3.09. The third kappa shape index (κ3) is 1.81. The molecule has 0 fully saturated rings. The second-order valence-electron chi connectivity index (χ2n) is 1.72. The van der Waals surface area contributed by atoms with E-state index in [0.717, 1.165) is 0 Å². The van der Waals surface area contributed by atoms with Gasteiger partial charge in [0.25, 0.3) is 0 Å². The second kappa shape index (κ2) is 3.21. The molecular weight excluding hydrogens is 168 g/mol. The topological polar surface area (TPSA) is 59.9 Å². The van der Waals surface area contributed by atoms with Crippen molar-refractivity contribution in [2.45, 2.75) is 0 Å². The molecule has 0 radical (unpaired) electrons. The maximum atomic E-state index is 10.2. The van der Waals surface area contributed by atoms with Crippen LogP contribution in [0, 0.1) is 0 Å². The van der Waals surface area contributed by atoms with Crippen LogP contribution in [0.1, 0.15) is 21.0 Å². The number of nitrogens with zero attached hydrogens (tertiary/aromatic N) is 2. The Bertz CT molecular complexity index is 274. The minimum absolute atomic E-state index is 0.100. The van der Waals surface area contributed by atoms with Crippen molar-refractivity contribution in [3.8, 4) is 0 Å². The summed E-state index contributed by atoms with van der Waals surface area (Å²) in [4.78, 5) is 27.4. The Morgan fingerprint density at radius 1 is 1.18 bits per heavy atom. The third-order valence-corrected chi connectivity index (χ3v) is 1.15. The van der Waals surface area contributed by atoms with E-state index in [0.29, 0.717) is 12.6 Å². The van der Waals surface area contributed by atoms with Crippen LogP contribution in [-0.2, 0) is 0 Å². The lowest BCUT2D eigenvalue weighted by atomic mass is 10.3. The average Bonchev–Trinajstić information content (AvgIpc) is 2.03. The SMILES string of the molecule is O=Cc1cc(C=O)nc(Cl)n1. The summed E-state index contributed by atoms with van der Waals surface area (Å²) < 4.78 is 0. The number of rotatable bonds is 2. The summed E-state index contributed by atoms with van der Waals surface area (Å²) in [7, 11) is 0. The molecular formula is C6H3ClN2O2. The van der Waals surface area contributed by atoms with Gasteiger partial charge in [-0.1, -0.05) is 0 Å². The summed E-state index contributed by atoms with van der Waals surface area (Å²) in [6.07, 6.45) is 1.00. The maximum absolute atomic E-state index is 10.2. The first kappa shape index (κ1) is 7.81. The van der Waals surface area contributed by atoms with Gasteiger partial charge in [0.05, 0.1) is 0 Å². The molecule has 0 aliphatic carbocycles. The second-order valence-corrected chi connectivity index (χ2v) is 2.06. The van der Waals surface area contributed by atoms with Crippen molar-refractivity contribution in [1.82, 2.24) is 9.97 Å². The number of aromatic nitrogens is 2. The monoisotopic (exact) mass is 170 g/mol. The van der Waals surface area contributed by atoms with E-state index >= 15 is 0 Å². The number of carbonyl (C=O) groups is 2. The van der Waals surface area contributed by atoms with Crippen molar-refractivity contribution in [1.29, 1.82) is 0 Å². The van der Waals surface area contributed by atoms with E-state index in [1.165, 1.54) is 6.07 Å². The van der Waals surface area contributed by atoms with Gasteiger partial charge in [-0.15, -0.1) is 0 Å². The van der Waals surface area contributed by atoms with Gasteiger partial charge in [0.1, 0.15) is 11.4 Å². The van der Waals surface area contributed by atoms with Gasteiger partial charge in [-0.05, 0) is 17.7 Å². The van der Waals surface area contributed by atoms with Crippen LogP contribution in [0.4, 0.5) is 0 Å². The van der Waals surface area contributed by atoms with Crippen LogP contribution < -0.4 is 0 Å². The first-order valence-electron chi connectivity index (χ1n) is 2.71. The highest BCUT2D eigenvalue weighted by molar-refractivity contribution is 6.28. The van der Waals surface area contributed by atoms with Crippen LogP contribution in [0.3, 0.4) is 0 Å². The van der Waals surface area contributed by atoms with E-state index in [2.05, 4.69) is 9.97 Å². The van der Waals surface area contributed by atoms with Gasteiger partial charge in [0.2, 0.25) is 5.28 Å². The molecule has 11 heavy (non-hydrogen) atoms. The zero-order chi connectivity index (χ0) is 8.27. The molecule has 1 rings (SSSR count). The minimum Gasteiger partial charge on any atom is -0.296 e. The number of halogens is 1. The zero-order valence-electron chi connectivity index (χ0n) is 5.32. The summed E-state index contributed by atoms with van der Waals surface area (Å²) in [6.45, 7) is 0. The molecule has 0 atom stereocenters. The van der Waals surface area contributed by atoms with Crippen LogP contribution in [-0.4, -0.2) is 22.5 Å². The molecule has 0 amide bonds.